The Morgan fingerprint density at radius 1 is 1.31 bits per heavy atom. The Balaban J connectivity index is 1.63. The van der Waals surface area contributed by atoms with Crippen LogP contribution in [-0.4, -0.2) is 37.2 Å². The van der Waals surface area contributed by atoms with Gasteiger partial charge in [-0.05, 0) is 36.2 Å². The van der Waals surface area contributed by atoms with E-state index in [1.807, 2.05) is 12.1 Å². The molecule has 3 aromatic heterocycles. The number of fused-ring (bicyclic) bond motifs is 3. The van der Waals surface area contributed by atoms with Gasteiger partial charge in [0.05, 0.1) is 11.0 Å². The fraction of sp³-hybridized carbons (Fsp3) is 0.118. The van der Waals surface area contributed by atoms with E-state index in [1.54, 1.807) is 12.4 Å². The van der Waals surface area contributed by atoms with Gasteiger partial charge in [-0.25, -0.2) is 8.91 Å². The lowest BCUT2D eigenvalue weighted by Crippen LogP contribution is -2.27. The van der Waals surface area contributed by atoms with Crippen LogP contribution in [0.3, 0.4) is 0 Å². The Morgan fingerprint density at radius 2 is 2.19 bits per heavy atom. The molecule has 8 nitrogen and oxygen atoms in total. The van der Waals surface area contributed by atoms with E-state index in [2.05, 4.69) is 25.6 Å². The molecule has 4 rings (SSSR count). The van der Waals surface area contributed by atoms with Crippen molar-refractivity contribution in [3.63, 3.8) is 0 Å². The van der Waals surface area contributed by atoms with Crippen molar-refractivity contribution in [1.29, 1.82) is 0 Å². The van der Waals surface area contributed by atoms with Gasteiger partial charge < -0.3 is 10.3 Å². The average molecular weight is 352 g/mol. The van der Waals surface area contributed by atoms with Gasteiger partial charge in [0.15, 0.2) is 11.2 Å². The molecule has 0 saturated carbocycles. The second-order valence-electron chi connectivity index (χ2n) is 5.68. The molecule has 0 spiro atoms. The van der Waals surface area contributed by atoms with Crippen LogP contribution in [0.4, 0.5) is 4.39 Å². The minimum Gasteiger partial charge on any atom is -0.350 e. The molecule has 2 N–H and O–H groups in total. The smallest absolute Gasteiger partial charge is 0.277 e. The molecule has 0 unspecified atom stereocenters. The summed E-state index contributed by atoms with van der Waals surface area (Å²) in [5.41, 5.74) is 1.07. The van der Waals surface area contributed by atoms with Crippen LogP contribution in [0.15, 0.2) is 47.5 Å². The first-order valence-corrected chi connectivity index (χ1v) is 7.87. The van der Waals surface area contributed by atoms with Crippen LogP contribution < -0.4 is 10.9 Å². The highest BCUT2D eigenvalue weighted by atomic mass is 19.1. The number of rotatable bonds is 4. The van der Waals surface area contributed by atoms with Crippen molar-refractivity contribution >= 4 is 22.5 Å². The molecule has 130 valence electrons. The van der Waals surface area contributed by atoms with Crippen molar-refractivity contribution in [2.75, 3.05) is 6.54 Å². The Labute approximate surface area is 145 Å². The van der Waals surface area contributed by atoms with Gasteiger partial charge in [-0.1, -0.05) is 11.3 Å². The van der Waals surface area contributed by atoms with Gasteiger partial charge in [-0.3, -0.25) is 14.6 Å². The molecule has 0 saturated heterocycles. The maximum atomic E-state index is 13.3. The average Bonchev–Trinajstić information content (AvgIpc) is 3.08. The molecule has 26 heavy (non-hydrogen) atoms. The van der Waals surface area contributed by atoms with Crippen molar-refractivity contribution in [3.05, 3.63) is 70.2 Å². The lowest BCUT2D eigenvalue weighted by Gasteiger charge is -2.04. The summed E-state index contributed by atoms with van der Waals surface area (Å²) in [5, 5.41) is 10.4. The fourth-order valence-corrected chi connectivity index (χ4v) is 2.73. The van der Waals surface area contributed by atoms with Crippen LogP contribution in [0.1, 0.15) is 16.1 Å². The summed E-state index contributed by atoms with van der Waals surface area (Å²) in [6.45, 7) is 0.361. The van der Waals surface area contributed by atoms with Crippen molar-refractivity contribution in [1.82, 2.24) is 30.1 Å². The third kappa shape index (κ3) is 2.79. The minimum atomic E-state index is -0.564. The van der Waals surface area contributed by atoms with Crippen molar-refractivity contribution in [2.24, 2.45) is 0 Å². The van der Waals surface area contributed by atoms with Crippen molar-refractivity contribution < 1.29 is 9.18 Å². The van der Waals surface area contributed by atoms with E-state index in [4.69, 9.17) is 0 Å². The molecule has 0 atom stereocenters. The molecule has 1 amide bonds. The highest BCUT2D eigenvalue weighted by Gasteiger charge is 2.19. The van der Waals surface area contributed by atoms with Crippen LogP contribution in [-0.2, 0) is 6.42 Å². The zero-order chi connectivity index (χ0) is 18.1. The Morgan fingerprint density at radius 3 is 3.00 bits per heavy atom. The van der Waals surface area contributed by atoms with Crippen LogP contribution >= 0.6 is 0 Å². The van der Waals surface area contributed by atoms with Crippen LogP contribution in [0.25, 0.3) is 16.6 Å². The summed E-state index contributed by atoms with van der Waals surface area (Å²) in [6, 6.07) is 7.62. The standard InChI is InChI=1S/C17H13FN6O2/c18-11-3-4-13-12(8-11)21-17(26)15-14(22-23-24(13)15)16(25)20-7-5-10-2-1-6-19-9-10/h1-4,6,8-9H,5,7H2,(H,20,25)(H,21,26). The summed E-state index contributed by atoms with van der Waals surface area (Å²) in [7, 11) is 0. The summed E-state index contributed by atoms with van der Waals surface area (Å²) >= 11 is 0. The number of halogens is 1. The summed E-state index contributed by atoms with van der Waals surface area (Å²) in [6.07, 6.45) is 3.99. The maximum Gasteiger partial charge on any atom is 0.277 e. The van der Waals surface area contributed by atoms with Gasteiger partial charge in [0.1, 0.15) is 5.82 Å². The predicted molar refractivity (Wildman–Crippen MR) is 91.3 cm³/mol. The zero-order valence-electron chi connectivity index (χ0n) is 13.4. The normalized spacial score (nSPS) is 11.1. The largest absolute Gasteiger partial charge is 0.350 e. The summed E-state index contributed by atoms with van der Waals surface area (Å²) < 4.78 is 14.6. The van der Waals surface area contributed by atoms with Gasteiger partial charge in [-0.15, -0.1) is 5.10 Å². The van der Waals surface area contributed by atoms with E-state index in [-0.39, 0.29) is 16.7 Å². The first kappa shape index (κ1) is 15.9. The molecule has 0 bridgehead atoms. The number of aromatic amines is 1. The number of hydrogen-bond donors (Lipinski definition) is 2. The van der Waals surface area contributed by atoms with Crippen molar-refractivity contribution in [3.8, 4) is 0 Å². The number of pyridine rings is 1. The van der Waals surface area contributed by atoms with E-state index in [9.17, 15) is 14.0 Å². The number of aromatic nitrogens is 5. The molecule has 0 aliphatic heterocycles. The quantitative estimate of drug-likeness (QED) is 0.572. The number of benzene rings is 1. The predicted octanol–water partition coefficient (Wildman–Crippen LogP) is 1.08. The van der Waals surface area contributed by atoms with Crippen molar-refractivity contribution in [2.45, 2.75) is 6.42 Å². The number of amides is 1. The molecule has 1 aromatic carbocycles. The molecule has 9 heteroatoms. The summed E-state index contributed by atoms with van der Waals surface area (Å²) in [4.78, 5) is 31.3. The fourth-order valence-electron chi connectivity index (χ4n) is 2.73. The molecule has 0 radical (unpaired) electrons. The molecule has 0 aliphatic carbocycles. The van der Waals surface area contributed by atoms with Gasteiger partial charge in [0.25, 0.3) is 11.5 Å². The lowest BCUT2D eigenvalue weighted by atomic mass is 10.2. The van der Waals surface area contributed by atoms with E-state index < -0.39 is 17.3 Å². The molecule has 3 heterocycles. The second-order valence-corrected chi connectivity index (χ2v) is 5.68. The minimum absolute atomic E-state index is 0.0167. The Kier molecular flexibility index (Phi) is 3.88. The van der Waals surface area contributed by atoms with E-state index in [0.717, 1.165) is 5.56 Å². The molecule has 0 aliphatic rings. The van der Waals surface area contributed by atoms with E-state index in [1.165, 1.54) is 22.7 Å². The number of nitrogens with zero attached hydrogens (tertiary/aromatic N) is 4. The van der Waals surface area contributed by atoms with Gasteiger partial charge >= 0.3 is 0 Å². The lowest BCUT2D eigenvalue weighted by molar-refractivity contribution is 0.0950. The number of H-pyrrole nitrogens is 1. The van der Waals surface area contributed by atoms with E-state index in [0.29, 0.717) is 18.5 Å². The zero-order valence-corrected chi connectivity index (χ0v) is 13.4. The Hall–Kier alpha value is -3.62. The van der Waals surface area contributed by atoms with Gasteiger partial charge in [-0.2, -0.15) is 0 Å². The summed E-state index contributed by atoms with van der Waals surface area (Å²) in [5.74, 6) is -0.989. The topological polar surface area (TPSA) is 105 Å². The number of nitrogens with one attached hydrogen (secondary N) is 2. The molecule has 0 fully saturated rings. The second kappa shape index (κ2) is 6.36. The molecular weight excluding hydrogens is 339 g/mol. The maximum absolute atomic E-state index is 13.3. The highest BCUT2D eigenvalue weighted by Crippen LogP contribution is 2.14. The van der Waals surface area contributed by atoms with Gasteiger partial charge in [0, 0.05) is 18.9 Å². The first-order valence-electron chi connectivity index (χ1n) is 7.87. The third-order valence-electron chi connectivity index (χ3n) is 3.96. The third-order valence-corrected chi connectivity index (χ3v) is 3.96. The van der Waals surface area contributed by atoms with Crippen LogP contribution in [0.5, 0.6) is 0 Å². The molecular formula is C17H13FN6O2. The number of carbonyl (C=O) groups is 1. The van der Waals surface area contributed by atoms with E-state index >= 15 is 0 Å². The Bertz CT molecular complexity index is 1170. The van der Waals surface area contributed by atoms with Gasteiger partial charge in [0.2, 0.25) is 0 Å². The number of hydrogen-bond acceptors (Lipinski definition) is 5. The first-order chi connectivity index (χ1) is 12.6. The van der Waals surface area contributed by atoms with Crippen LogP contribution in [0.2, 0.25) is 0 Å². The number of carbonyl (C=O) groups excluding carboxylic acids is 1. The molecule has 4 aromatic rings. The SMILES string of the molecule is O=C(NCCc1cccnc1)c1nnn2c1c(=O)[nH]c1cc(F)ccc12. The monoisotopic (exact) mass is 352 g/mol. The van der Waals surface area contributed by atoms with Crippen LogP contribution in [0, 0.1) is 5.82 Å². The highest BCUT2D eigenvalue weighted by molar-refractivity contribution is 5.99.